The topological polar surface area (TPSA) is 87.1 Å². The minimum Gasteiger partial charge on any atom is -0.478 e. The van der Waals surface area contributed by atoms with E-state index in [9.17, 15) is 9.90 Å². The van der Waals surface area contributed by atoms with E-state index in [0.29, 0.717) is 17.5 Å². The number of para-hydroxylation sites is 2. The van der Waals surface area contributed by atoms with Crippen molar-refractivity contribution >= 4 is 29.1 Å². The summed E-state index contributed by atoms with van der Waals surface area (Å²) < 4.78 is 0. The quantitative estimate of drug-likeness (QED) is 0.606. The van der Waals surface area contributed by atoms with Crippen LogP contribution in [0.2, 0.25) is 0 Å². The fourth-order valence-corrected chi connectivity index (χ4v) is 2.68. The number of hydrogen-bond acceptors (Lipinski definition) is 5. The molecule has 6 heteroatoms. The van der Waals surface area contributed by atoms with Gasteiger partial charge in [0.1, 0.15) is 5.82 Å². The molecular weight excluding hydrogens is 328 g/mol. The maximum absolute atomic E-state index is 11.4. The predicted octanol–water partition coefficient (Wildman–Crippen LogP) is 4.53. The summed E-state index contributed by atoms with van der Waals surface area (Å²) in [5.41, 5.74) is 3.57. The molecule has 26 heavy (non-hydrogen) atoms. The van der Waals surface area contributed by atoms with E-state index >= 15 is 0 Å². The first-order chi connectivity index (χ1) is 12.6. The summed E-state index contributed by atoms with van der Waals surface area (Å²) in [5.74, 6) is -0.00187. The molecule has 0 bridgehead atoms. The minimum atomic E-state index is -0.992. The predicted molar refractivity (Wildman–Crippen MR) is 103 cm³/mol. The summed E-state index contributed by atoms with van der Waals surface area (Å²) in [6.45, 7) is 3.96. The number of benzene rings is 2. The number of aromatic carboxylic acids is 1. The second-order valence-electron chi connectivity index (χ2n) is 5.83. The molecule has 0 unspecified atom stereocenters. The maximum atomic E-state index is 11.4. The Morgan fingerprint density at radius 3 is 2.42 bits per heavy atom. The van der Waals surface area contributed by atoms with Crippen molar-refractivity contribution in [2.24, 2.45) is 0 Å². The number of aryl methyl sites for hydroxylation is 2. The van der Waals surface area contributed by atoms with Crippen molar-refractivity contribution in [3.63, 3.8) is 0 Å². The van der Waals surface area contributed by atoms with E-state index in [2.05, 4.69) is 33.6 Å². The van der Waals surface area contributed by atoms with Crippen LogP contribution in [0.5, 0.6) is 0 Å². The summed E-state index contributed by atoms with van der Waals surface area (Å²) in [6, 6.07) is 16.5. The van der Waals surface area contributed by atoms with E-state index in [1.54, 1.807) is 30.3 Å². The Balaban J connectivity index is 1.90. The van der Waals surface area contributed by atoms with Gasteiger partial charge in [0.2, 0.25) is 5.95 Å². The largest absolute Gasteiger partial charge is 0.478 e. The van der Waals surface area contributed by atoms with Crippen molar-refractivity contribution in [1.82, 2.24) is 9.97 Å². The molecule has 1 aromatic heterocycles. The molecule has 3 rings (SSSR count). The Morgan fingerprint density at radius 1 is 1.00 bits per heavy atom. The van der Waals surface area contributed by atoms with Crippen LogP contribution >= 0.6 is 0 Å². The van der Waals surface area contributed by atoms with Crippen molar-refractivity contribution in [1.29, 1.82) is 0 Å². The first kappa shape index (κ1) is 17.4. The number of anilines is 4. The lowest BCUT2D eigenvalue weighted by Gasteiger charge is -2.13. The second kappa shape index (κ2) is 7.65. The molecule has 0 aliphatic carbocycles. The van der Waals surface area contributed by atoms with Crippen LogP contribution in [0, 0.1) is 6.92 Å². The molecule has 1 heterocycles. The smallest absolute Gasteiger partial charge is 0.337 e. The van der Waals surface area contributed by atoms with E-state index in [1.807, 2.05) is 25.1 Å². The Morgan fingerprint density at radius 2 is 1.69 bits per heavy atom. The van der Waals surface area contributed by atoms with E-state index in [4.69, 9.17) is 0 Å². The lowest BCUT2D eigenvalue weighted by molar-refractivity contribution is 0.0698. The summed E-state index contributed by atoms with van der Waals surface area (Å²) >= 11 is 0. The molecular formula is C20H20N4O2. The third-order valence-corrected chi connectivity index (χ3v) is 3.92. The summed E-state index contributed by atoms with van der Waals surface area (Å²) in [7, 11) is 0. The summed E-state index contributed by atoms with van der Waals surface area (Å²) in [5, 5.41) is 15.6. The van der Waals surface area contributed by atoms with Crippen molar-refractivity contribution in [3.05, 3.63) is 71.4 Å². The van der Waals surface area contributed by atoms with Crippen LogP contribution in [0.1, 0.15) is 28.5 Å². The zero-order valence-corrected chi connectivity index (χ0v) is 14.7. The van der Waals surface area contributed by atoms with Crippen LogP contribution in [-0.2, 0) is 6.42 Å². The highest BCUT2D eigenvalue weighted by Crippen LogP contribution is 2.23. The van der Waals surface area contributed by atoms with Crippen molar-refractivity contribution in [3.8, 4) is 0 Å². The summed E-state index contributed by atoms with van der Waals surface area (Å²) in [4.78, 5) is 20.3. The van der Waals surface area contributed by atoms with E-state index in [0.717, 1.165) is 17.8 Å². The van der Waals surface area contributed by atoms with Crippen molar-refractivity contribution in [2.45, 2.75) is 20.3 Å². The lowest BCUT2D eigenvalue weighted by Crippen LogP contribution is -2.06. The Hall–Kier alpha value is -3.41. The highest BCUT2D eigenvalue weighted by molar-refractivity contribution is 5.95. The normalized spacial score (nSPS) is 10.4. The average Bonchev–Trinajstić information content (AvgIpc) is 2.62. The second-order valence-corrected chi connectivity index (χ2v) is 5.83. The van der Waals surface area contributed by atoms with Gasteiger partial charge in [0.25, 0.3) is 0 Å². The van der Waals surface area contributed by atoms with Gasteiger partial charge in [0.15, 0.2) is 0 Å². The molecule has 0 radical (unpaired) electrons. The van der Waals surface area contributed by atoms with Gasteiger partial charge in [0, 0.05) is 17.4 Å². The Kier molecular flexibility index (Phi) is 5.12. The molecule has 0 amide bonds. The van der Waals surface area contributed by atoms with Gasteiger partial charge in [-0.2, -0.15) is 4.98 Å². The molecule has 0 aliphatic heterocycles. The van der Waals surface area contributed by atoms with Crippen LogP contribution in [0.15, 0.2) is 54.6 Å². The van der Waals surface area contributed by atoms with Crippen molar-refractivity contribution < 1.29 is 9.90 Å². The Bertz CT molecular complexity index is 941. The first-order valence-corrected chi connectivity index (χ1v) is 8.36. The van der Waals surface area contributed by atoms with E-state index < -0.39 is 5.97 Å². The molecule has 6 nitrogen and oxygen atoms in total. The van der Waals surface area contributed by atoms with E-state index in [1.165, 1.54) is 5.56 Å². The number of carbonyl (C=O) groups is 1. The molecule has 2 aromatic carbocycles. The molecule has 0 fully saturated rings. The molecule has 0 atom stereocenters. The van der Waals surface area contributed by atoms with Gasteiger partial charge in [0.05, 0.1) is 11.3 Å². The number of carboxylic acids is 1. The summed E-state index contributed by atoms with van der Waals surface area (Å²) in [6.07, 6.45) is 0.895. The van der Waals surface area contributed by atoms with Gasteiger partial charge in [-0.3, -0.25) is 0 Å². The fraction of sp³-hybridized carbons (Fsp3) is 0.150. The number of nitrogens with one attached hydrogen (secondary N) is 2. The molecule has 3 aromatic rings. The zero-order valence-electron chi connectivity index (χ0n) is 14.7. The third kappa shape index (κ3) is 3.97. The molecule has 132 valence electrons. The fourth-order valence-electron chi connectivity index (χ4n) is 2.68. The number of nitrogens with zero attached hydrogens (tertiary/aromatic N) is 2. The van der Waals surface area contributed by atoms with Gasteiger partial charge >= 0.3 is 5.97 Å². The van der Waals surface area contributed by atoms with Gasteiger partial charge < -0.3 is 15.7 Å². The minimum absolute atomic E-state index is 0.189. The van der Waals surface area contributed by atoms with Crippen molar-refractivity contribution in [2.75, 3.05) is 10.6 Å². The maximum Gasteiger partial charge on any atom is 0.337 e. The number of aromatic nitrogens is 2. The molecule has 0 aliphatic rings. The number of rotatable bonds is 6. The SMILES string of the molecule is CCc1ccccc1Nc1nc(C)cc(Nc2ccccc2C(=O)O)n1. The van der Waals surface area contributed by atoms with Crippen LogP contribution in [-0.4, -0.2) is 21.0 Å². The monoisotopic (exact) mass is 348 g/mol. The molecule has 0 saturated carbocycles. The Labute approximate surface area is 152 Å². The molecule has 0 spiro atoms. The third-order valence-electron chi connectivity index (χ3n) is 3.92. The average molecular weight is 348 g/mol. The lowest BCUT2D eigenvalue weighted by atomic mass is 10.1. The van der Waals surface area contributed by atoms with Crippen LogP contribution in [0.4, 0.5) is 23.1 Å². The van der Waals surface area contributed by atoms with Crippen LogP contribution in [0.25, 0.3) is 0 Å². The van der Waals surface area contributed by atoms with Gasteiger partial charge in [-0.15, -0.1) is 0 Å². The van der Waals surface area contributed by atoms with Gasteiger partial charge in [-0.1, -0.05) is 37.3 Å². The highest BCUT2D eigenvalue weighted by atomic mass is 16.4. The standard InChI is InChI=1S/C20H20N4O2/c1-3-14-8-4-6-10-16(14)23-20-21-13(2)12-18(24-20)22-17-11-7-5-9-15(17)19(25)26/h4-12H,3H2,1-2H3,(H,25,26)(H2,21,22,23,24). The highest BCUT2D eigenvalue weighted by Gasteiger charge is 2.11. The number of hydrogen-bond donors (Lipinski definition) is 3. The molecule has 3 N–H and O–H groups in total. The van der Waals surface area contributed by atoms with Gasteiger partial charge in [-0.05, 0) is 37.1 Å². The number of carboxylic acid groups (broad SMARTS) is 1. The van der Waals surface area contributed by atoms with Crippen LogP contribution in [0.3, 0.4) is 0 Å². The van der Waals surface area contributed by atoms with Crippen LogP contribution < -0.4 is 10.6 Å². The zero-order chi connectivity index (χ0) is 18.5. The first-order valence-electron chi connectivity index (χ1n) is 8.36. The molecule has 0 saturated heterocycles. The van der Waals surface area contributed by atoms with E-state index in [-0.39, 0.29) is 5.56 Å². The van der Waals surface area contributed by atoms with Gasteiger partial charge in [-0.25, -0.2) is 9.78 Å².